The quantitative estimate of drug-likeness (QED) is 0.0261. The minimum Gasteiger partial charge on any atom is -0.394 e. The van der Waals surface area contributed by atoms with Crippen molar-refractivity contribution in [1.82, 2.24) is 5.32 Å². The fourth-order valence-corrected chi connectivity index (χ4v) is 11.4. The van der Waals surface area contributed by atoms with Crippen LogP contribution in [0.2, 0.25) is 0 Å². The molecule has 9 nitrogen and oxygen atoms in total. The summed E-state index contributed by atoms with van der Waals surface area (Å²) in [5.74, 6) is -0.183. The molecule has 0 aromatic carbocycles. The van der Waals surface area contributed by atoms with Crippen molar-refractivity contribution < 1.29 is 39.8 Å². The summed E-state index contributed by atoms with van der Waals surface area (Å²) < 4.78 is 11.3. The summed E-state index contributed by atoms with van der Waals surface area (Å²) in [6, 6.07) is -0.828. The lowest BCUT2D eigenvalue weighted by Crippen LogP contribution is -2.60. The van der Waals surface area contributed by atoms with E-state index in [2.05, 4.69) is 43.5 Å². The molecule has 1 aliphatic heterocycles. The topological polar surface area (TPSA) is 149 Å². The minimum atomic E-state index is -1.57. The fraction of sp³-hybridized carbons (Fsp3) is 0.901. The van der Waals surface area contributed by atoms with Gasteiger partial charge in [-0.3, -0.25) is 4.79 Å². The molecule has 0 aromatic heterocycles. The first-order valence-corrected chi connectivity index (χ1v) is 35.2. The first-order chi connectivity index (χ1) is 39.3. The van der Waals surface area contributed by atoms with Crippen LogP contribution >= 0.6 is 0 Å². The van der Waals surface area contributed by atoms with Gasteiger partial charge in [-0.2, -0.15) is 0 Å². The summed E-state index contributed by atoms with van der Waals surface area (Å²) in [5, 5.41) is 54.7. The van der Waals surface area contributed by atoms with Crippen molar-refractivity contribution in [2.45, 2.75) is 397 Å². The molecule has 0 saturated carbocycles. The summed E-state index contributed by atoms with van der Waals surface area (Å²) in [7, 11) is 0. The molecule has 1 amide bonds. The van der Waals surface area contributed by atoms with E-state index in [1.54, 1.807) is 6.08 Å². The van der Waals surface area contributed by atoms with Crippen LogP contribution in [0.4, 0.5) is 0 Å². The van der Waals surface area contributed by atoms with Gasteiger partial charge in [-0.25, -0.2) is 0 Å². The molecule has 0 bridgehead atoms. The second kappa shape index (κ2) is 60.5. The predicted octanol–water partition coefficient (Wildman–Crippen LogP) is 19.0. The zero-order chi connectivity index (χ0) is 57.9. The van der Waals surface area contributed by atoms with Crippen LogP contribution in [0.25, 0.3) is 0 Å². The lowest BCUT2D eigenvalue weighted by atomic mass is 9.99. The smallest absolute Gasteiger partial charge is 0.220 e. The Bertz CT molecular complexity index is 1360. The summed E-state index contributed by atoms with van der Waals surface area (Å²) >= 11 is 0. The second-order valence-electron chi connectivity index (χ2n) is 24.7. The van der Waals surface area contributed by atoms with Gasteiger partial charge in [-0.05, 0) is 44.9 Å². The Kier molecular flexibility index (Phi) is 57.8. The summed E-state index contributed by atoms with van der Waals surface area (Å²) in [5.41, 5.74) is 0. The highest BCUT2D eigenvalue weighted by Crippen LogP contribution is 2.23. The first kappa shape index (κ1) is 76.4. The number of hydrogen-bond acceptors (Lipinski definition) is 8. The molecule has 1 heterocycles. The van der Waals surface area contributed by atoms with E-state index < -0.39 is 49.5 Å². The number of rotatable bonds is 62. The molecule has 1 aliphatic rings. The van der Waals surface area contributed by atoms with E-state index >= 15 is 0 Å². The number of hydrogen-bond donors (Lipinski definition) is 6. The molecule has 0 radical (unpaired) electrons. The Labute approximate surface area is 495 Å². The molecule has 472 valence electrons. The van der Waals surface area contributed by atoms with Gasteiger partial charge in [0.1, 0.15) is 24.4 Å². The molecule has 6 N–H and O–H groups in total. The van der Waals surface area contributed by atoms with Gasteiger partial charge < -0.3 is 40.3 Å². The molecule has 7 atom stereocenters. The average Bonchev–Trinajstić information content (AvgIpc) is 3.46. The monoisotopic (exact) mass is 1130 g/mol. The molecule has 9 heteroatoms. The number of nitrogens with one attached hydrogen (secondary N) is 1. The largest absolute Gasteiger partial charge is 0.394 e. The van der Waals surface area contributed by atoms with Gasteiger partial charge in [0.15, 0.2) is 6.29 Å². The third-order valence-electron chi connectivity index (χ3n) is 16.9. The Balaban J connectivity index is 2.15. The summed E-state index contributed by atoms with van der Waals surface area (Å²) in [6.07, 6.45) is 74.1. The summed E-state index contributed by atoms with van der Waals surface area (Å²) in [6.45, 7) is 3.82. The number of carbonyl (C=O) groups is 1. The molecule has 1 saturated heterocycles. The number of ether oxygens (including phenoxy) is 2. The van der Waals surface area contributed by atoms with Crippen molar-refractivity contribution in [3.8, 4) is 0 Å². The van der Waals surface area contributed by atoms with E-state index in [9.17, 15) is 30.3 Å². The van der Waals surface area contributed by atoms with E-state index in [0.717, 1.165) is 44.9 Å². The van der Waals surface area contributed by atoms with Crippen molar-refractivity contribution in [2.75, 3.05) is 13.2 Å². The molecule has 80 heavy (non-hydrogen) atoms. The van der Waals surface area contributed by atoms with Crippen molar-refractivity contribution in [3.63, 3.8) is 0 Å². The van der Waals surface area contributed by atoms with Crippen molar-refractivity contribution in [2.24, 2.45) is 0 Å². The number of carbonyl (C=O) groups excluding carboxylic acids is 1. The normalized spacial score (nSPS) is 18.6. The van der Waals surface area contributed by atoms with Gasteiger partial charge in [-0.1, -0.05) is 339 Å². The van der Waals surface area contributed by atoms with E-state index in [-0.39, 0.29) is 12.5 Å². The highest BCUT2D eigenvalue weighted by Gasteiger charge is 2.44. The Morgan fingerprint density at radius 1 is 0.412 bits per heavy atom. The van der Waals surface area contributed by atoms with Gasteiger partial charge >= 0.3 is 0 Å². The Morgan fingerprint density at radius 2 is 0.713 bits per heavy atom. The van der Waals surface area contributed by atoms with Crippen LogP contribution in [0.3, 0.4) is 0 Å². The number of amides is 1. The van der Waals surface area contributed by atoms with Crippen LogP contribution in [0.5, 0.6) is 0 Å². The highest BCUT2D eigenvalue weighted by atomic mass is 16.7. The van der Waals surface area contributed by atoms with Gasteiger partial charge in [0, 0.05) is 6.42 Å². The third-order valence-corrected chi connectivity index (χ3v) is 16.9. The number of aliphatic hydroxyl groups is 5. The Morgan fingerprint density at radius 3 is 1.05 bits per heavy atom. The van der Waals surface area contributed by atoms with E-state index in [1.165, 1.54) is 289 Å². The molecule has 7 unspecified atom stereocenters. The van der Waals surface area contributed by atoms with E-state index in [0.29, 0.717) is 6.42 Å². The van der Waals surface area contributed by atoms with Crippen LogP contribution in [-0.4, -0.2) is 87.5 Å². The van der Waals surface area contributed by atoms with Gasteiger partial charge in [0.05, 0.1) is 25.4 Å². The van der Waals surface area contributed by atoms with Crippen molar-refractivity contribution in [1.29, 1.82) is 0 Å². The zero-order valence-corrected chi connectivity index (χ0v) is 52.9. The van der Waals surface area contributed by atoms with Crippen LogP contribution in [0, 0.1) is 0 Å². The van der Waals surface area contributed by atoms with E-state index in [4.69, 9.17) is 9.47 Å². The lowest BCUT2D eigenvalue weighted by Gasteiger charge is -2.40. The van der Waals surface area contributed by atoms with E-state index in [1.807, 2.05) is 6.08 Å². The van der Waals surface area contributed by atoms with Crippen molar-refractivity contribution in [3.05, 3.63) is 36.5 Å². The van der Waals surface area contributed by atoms with Gasteiger partial charge in [-0.15, -0.1) is 0 Å². The molecule has 0 aromatic rings. The minimum absolute atomic E-state index is 0.183. The Hall–Kier alpha value is -1.59. The van der Waals surface area contributed by atoms with Crippen LogP contribution in [-0.2, 0) is 14.3 Å². The maximum absolute atomic E-state index is 13.1. The SMILES string of the molecule is CCCCCCCCCCCCCCCCCCCC/C=C/CC/C=C/CC/C=C/C(O)C(COC1OC(CO)C(O)C(O)C1O)NC(=O)CCCCCCCCCCCCCCCCCCCCCCCCCCCCCCC. The van der Waals surface area contributed by atoms with Gasteiger partial charge in [0.25, 0.3) is 0 Å². The van der Waals surface area contributed by atoms with Gasteiger partial charge in [0.2, 0.25) is 5.91 Å². The average molecular weight is 1130 g/mol. The maximum atomic E-state index is 13.1. The predicted molar refractivity (Wildman–Crippen MR) is 341 cm³/mol. The third kappa shape index (κ3) is 48.7. The van der Waals surface area contributed by atoms with Crippen molar-refractivity contribution >= 4 is 5.91 Å². The summed E-state index contributed by atoms with van der Waals surface area (Å²) in [4.78, 5) is 13.1. The molecule has 0 aliphatic carbocycles. The lowest BCUT2D eigenvalue weighted by molar-refractivity contribution is -0.302. The second-order valence-corrected chi connectivity index (χ2v) is 24.7. The maximum Gasteiger partial charge on any atom is 0.220 e. The molecule has 1 fully saturated rings. The fourth-order valence-electron chi connectivity index (χ4n) is 11.4. The van der Waals surface area contributed by atoms with Crippen LogP contribution in [0.15, 0.2) is 36.5 Å². The standard InChI is InChI=1S/C71H135NO8/c1-3-5-7-9-11-13-15-17-19-21-23-25-27-29-31-33-35-37-39-41-43-45-47-49-51-53-55-57-59-61-67(75)72-64(63-79-71-70(78)69(77)68(76)66(62-73)80-71)65(74)60-58-56-54-52-50-48-46-44-42-40-38-36-34-32-30-28-26-24-22-20-18-16-14-12-10-8-6-4-2/h42,44,50,52,58,60,64-66,68-71,73-74,76-78H,3-41,43,45-49,51,53-57,59,61-63H2,1-2H3,(H,72,75)/b44-42+,52-50+,60-58+. The van der Waals surface area contributed by atoms with Crippen LogP contribution in [0.1, 0.15) is 354 Å². The number of aliphatic hydroxyl groups excluding tert-OH is 5. The van der Waals surface area contributed by atoms with Crippen LogP contribution < -0.4 is 5.32 Å². The molecule has 0 spiro atoms. The molecular formula is C71H135NO8. The molecular weight excluding hydrogens is 995 g/mol. The highest BCUT2D eigenvalue weighted by molar-refractivity contribution is 5.76. The zero-order valence-electron chi connectivity index (χ0n) is 52.9. The molecule has 1 rings (SSSR count). The number of unbranched alkanes of at least 4 members (excludes halogenated alkanes) is 48. The first-order valence-electron chi connectivity index (χ1n) is 35.2. The number of allylic oxidation sites excluding steroid dienone is 5.